The molecular weight excluding hydrogens is 316 g/mol. The van der Waals surface area contributed by atoms with Crippen LogP contribution in [-0.2, 0) is 13.1 Å². The van der Waals surface area contributed by atoms with E-state index in [4.69, 9.17) is 8.94 Å². The third-order valence-corrected chi connectivity index (χ3v) is 4.49. The normalized spacial score (nSPS) is 16.4. The number of hydrogen-bond donors (Lipinski definition) is 0. The summed E-state index contributed by atoms with van der Waals surface area (Å²) in [6.07, 6.45) is 1.77. The molecule has 0 spiro atoms. The Morgan fingerprint density at radius 1 is 0.960 bits per heavy atom. The van der Waals surface area contributed by atoms with E-state index >= 15 is 0 Å². The first kappa shape index (κ1) is 16.1. The fourth-order valence-corrected chi connectivity index (χ4v) is 3.15. The first-order valence-corrected chi connectivity index (χ1v) is 8.63. The van der Waals surface area contributed by atoms with Gasteiger partial charge < -0.3 is 8.94 Å². The van der Waals surface area contributed by atoms with Crippen molar-refractivity contribution >= 4 is 0 Å². The molecule has 130 valence electrons. The van der Waals surface area contributed by atoms with E-state index < -0.39 is 0 Å². The fraction of sp³-hybridized carbons (Fsp3) is 0.368. The minimum absolute atomic E-state index is 0.690. The maximum absolute atomic E-state index is 5.63. The Hall–Kier alpha value is -2.44. The summed E-state index contributed by atoms with van der Waals surface area (Å²) in [4.78, 5) is 9.44. The smallest absolute Gasteiger partial charge is 0.226 e. The predicted molar refractivity (Wildman–Crippen MR) is 93.7 cm³/mol. The lowest BCUT2D eigenvalue weighted by Gasteiger charge is -2.33. The molecule has 25 heavy (non-hydrogen) atoms. The average Bonchev–Trinajstić information content (AvgIpc) is 3.27. The molecule has 1 aromatic carbocycles. The van der Waals surface area contributed by atoms with Gasteiger partial charge in [0.25, 0.3) is 0 Å². The first-order chi connectivity index (χ1) is 12.3. The van der Waals surface area contributed by atoms with E-state index in [1.165, 1.54) is 0 Å². The summed E-state index contributed by atoms with van der Waals surface area (Å²) in [5.41, 5.74) is 3.01. The number of hydrogen-bond acceptors (Lipinski definition) is 6. The van der Waals surface area contributed by atoms with Gasteiger partial charge in [0.15, 0.2) is 0 Å². The molecule has 0 N–H and O–H groups in total. The van der Waals surface area contributed by atoms with Crippen LogP contribution < -0.4 is 0 Å². The second-order valence-electron chi connectivity index (χ2n) is 6.49. The van der Waals surface area contributed by atoms with Gasteiger partial charge >= 0.3 is 0 Å². The van der Waals surface area contributed by atoms with Crippen LogP contribution in [0.3, 0.4) is 0 Å². The van der Waals surface area contributed by atoms with E-state index in [-0.39, 0.29) is 0 Å². The zero-order valence-electron chi connectivity index (χ0n) is 14.4. The lowest BCUT2D eigenvalue weighted by Crippen LogP contribution is -2.45. The van der Waals surface area contributed by atoms with Crippen molar-refractivity contribution in [2.24, 2.45) is 0 Å². The van der Waals surface area contributed by atoms with Gasteiger partial charge in [-0.3, -0.25) is 9.80 Å². The number of rotatable bonds is 5. The van der Waals surface area contributed by atoms with Crippen molar-refractivity contribution in [3.63, 3.8) is 0 Å². The zero-order chi connectivity index (χ0) is 17.1. The van der Waals surface area contributed by atoms with Crippen LogP contribution in [0.25, 0.3) is 11.5 Å². The molecule has 6 nitrogen and oxygen atoms in total. The summed E-state index contributed by atoms with van der Waals surface area (Å²) in [7, 11) is 0. The van der Waals surface area contributed by atoms with E-state index in [0.717, 1.165) is 62.0 Å². The van der Waals surface area contributed by atoms with E-state index in [9.17, 15) is 0 Å². The highest BCUT2D eigenvalue weighted by molar-refractivity contribution is 5.52. The van der Waals surface area contributed by atoms with Gasteiger partial charge in [-0.15, -0.1) is 0 Å². The van der Waals surface area contributed by atoms with Crippen LogP contribution in [0.2, 0.25) is 0 Å². The summed E-state index contributed by atoms with van der Waals surface area (Å²) in [5, 5.41) is 4.08. The molecule has 1 saturated heterocycles. The van der Waals surface area contributed by atoms with Gasteiger partial charge in [-0.1, -0.05) is 23.4 Å². The van der Waals surface area contributed by atoms with Gasteiger partial charge in [-0.2, -0.15) is 0 Å². The molecule has 1 aliphatic heterocycles. The number of oxazole rings is 1. The monoisotopic (exact) mass is 338 g/mol. The van der Waals surface area contributed by atoms with Gasteiger partial charge in [-0.05, 0) is 19.1 Å². The highest BCUT2D eigenvalue weighted by atomic mass is 16.5. The summed E-state index contributed by atoms with van der Waals surface area (Å²) < 4.78 is 10.8. The Bertz CT molecular complexity index is 804. The predicted octanol–water partition coefficient (Wildman–Crippen LogP) is 2.96. The van der Waals surface area contributed by atoms with Crippen LogP contribution in [0.1, 0.15) is 17.1 Å². The molecule has 3 aromatic rings. The zero-order valence-corrected chi connectivity index (χ0v) is 14.4. The molecule has 0 bridgehead atoms. The maximum Gasteiger partial charge on any atom is 0.226 e. The Balaban J connectivity index is 1.29. The van der Waals surface area contributed by atoms with E-state index in [1.807, 2.05) is 43.3 Å². The summed E-state index contributed by atoms with van der Waals surface area (Å²) in [6, 6.07) is 12.0. The van der Waals surface area contributed by atoms with Crippen LogP contribution in [0, 0.1) is 6.92 Å². The number of benzene rings is 1. The Labute approximate surface area is 147 Å². The molecule has 0 atom stereocenters. The van der Waals surface area contributed by atoms with Crippen molar-refractivity contribution < 1.29 is 8.94 Å². The molecule has 3 heterocycles. The Kier molecular flexibility index (Phi) is 4.63. The average molecular weight is 338 g/mol. The number of aromatic nitrogens is 2. The van der Waals surface area contributed by atoms with E-state index in [0.29, 0.717) is 5.89 Å². The molecule has 0 aliphatic carbocycles. The van der Waals surface area contributed by atoms with E-state index in [1.54, 1.807) is 6.26 Å². The standard InChI is InChI=1S/C19H22N4O2/c1-15-11-17(21-25-15)12-22-7-9-23(10-8-22)13-18-14-24-19(20-18)16-5-3-2-4-6-16/h2-6,11,14H,7-10,12-13H2,1H3. The lowest BCUT2D eigenvalue weighted by molar-refractivity contribution is 0.119. The summed E-state index contributed by atoms with van der Waals surface area (Å²) in [6.45, 7) is 7.69. The third kappa shape index (κ3) is 3.97. The minimum atomic E-state index is 0.690. The van der Waals surface area contributed by atoms with Crippen LogP contribution in [0.5, 0.6) is 0 Å². The quantitative estimate of drug-likeness (QED) is 0.713. The van der Waals surface area contributed by atoms with Crippen molar-refractivity contribution in [1.29, 1.82) is 0 Å². The number of aryl methyl sites for hydroxylation is 1. The molecule has 0 unspecified atom stereocenters. The third-order valence-electron chi connectivity index (χ3n) is 4.49. The second kappa shape index (κ2) is 7.21. The van der Waals surface area contributed by atoms with Crippen LogP contribution in [0.15, 0.2) is 51.6 Å². The minimum Gasteiger partial charge on any atom is -0.444 e. The number of piperazine rings is 1. The number of nitrogens with zero attached hydrogens (tertiary/aromatic N) is 4. The second-order valence-corrected chi connectivity index (χ2v) is 6.49. The van der Waals surface area contributed by atoms with Crippen molar-refractivity contribution in [1.82, 2.24) is 19.9 Å². The fourth-order valence-electron chi connectivity index (χ4n) is 3.15. The van der Waals surface area contributed by atoms with Crippen LogP contribution in [0.4, 0.5) is 0 Å². The topological polar surface area (TPSA) is 58.5 Å². The molecule has 2 aromatic heterocycles. The molecule has 1 aliphatic rings. The van der Waals surface area contributed by atoms with Gasteiger partial charge in [0, 0.05) is 50.9 Å². The van der Waals surface area contributed by atoms with Crippen molar-refractivity contribution in [3.8, 4) is 11.5 Å². The molecule has 4 rings (SSSR count). The van der Waals surface area contributed by atoms with Crippen molar-refractivity contribution in [3.05, 3.63) is 59.8 Å². The first-order valence-electron chi connectivity index (χ1n) is 8.63. The van der Waals surface area contributed by atoms with Gasteiger partial charge in [0.1, 0.15) is 12.0 Å². The molecule has 0 radical (unpaired) electrons. The highest BCUT2D eigenvalue weighted by Gasteiger charge is 2.19. The molecule has 1 fully saturated rings. The SMILES string of the molecule is Cc1cc(CN2CCN(Cc3coc(-c4ccccc4)n3)CC2)no1. The maximum atomic E-state index is 5.63. The van der Waals surface area contributed by atoms with Crippen molar-refractivity contribution in [2.45, 2.75) is 20.0 Å². The lowest BCUT2D eigenvalue weighted by atomic mass is 10.2. The Morgan fingerprint density at radius 3 is 2.28 bits per heavy atom. The largest absolute Gasteiger partial charge is 0.444 e. The highest BCUT2D eigenvalue weighted by Crippen LogP contribution is 2.19. The molecular formula is C19H22N4O2. The van der Waals surface area contributed by atoms with Gasteiger partial charge in [0.05, 0.1) is 11.4 Å². The van der Waals surface area contributed by atoms with Crippen molar-refractivity contribution in [2.75, 3.05) is 26.2 Å². The van der Waals surface area contributed by atoms with Crippen LogP contribution in [-0.4, -0.2) is 46.1 Å². The summed E-state index contributed by atoms with van der Waals surface area (Å²) in [5.74, 6) is 1.56. The van der Waals surface area contributed by atoms with Crippen LogP contribution >= 0.6 is 0 Å². The Morgan fingerprint density at radius 2 is 1.64 bits per heavy atom. The molecule has 0 amide bonds. The van der Waals surface area contributed by atoms with Gasteiger partial charge in [-0.25, -0.2) is 4.98 Å². The van der Waals surface area contributed by atoms with E-state index in [2.05, 4.69) is 19.9 Å². The van der Waals surface area contributed by atoms with Gasteiger partial charge in [0.2, 0.25) is 5.89 Å². The molecule has 0 saturated carbocycles. The molecule has 6 heteroatoms. The summed E-state index contributed by atoms with van der Waals surface area (Å²) >= 11 is 0.